The van der Waals surface area contributed by atoms with E-state index in [-0.39, 0.29) is 41.2 Å². The van der Waals surface area contributed by atoms with Gasteiger partial charge in [0.05, 0.1) is 19.8 Å². The van der Waals surface area contributed by atoms with Crippen molar-refractivity contribution in [3.8, 4) is 5.75 Å². The number of halogens is 1. The summed E-state index contributed by atoms with van der Waals surface area (Å²) >= 11 is 0. The lowest BCUT2D eigenvalue weighted by molar-refractivity contribution is 0.0600. The standard InChI is InChI=1S/C13H20N2O5S.ClH/c1-9(14)6-7-15-21(17,18)12-5-4-10(13(16)20-3)8-11(12)19-2;/h4-5,8-9,15H,6-7,14H2,1-3H3;1H. The Morgan fingerprint density at radius 3 is 2.50 bits per heavy atom. The molecule has 0 saturated carbocycles. The average molecular weight is 353 g/mol. The van der Waals surface area contributed by atoms with Gasteiger partial charge in [0, 0.05) is 12.6 Å². The van der Waals surface area contributed by atoms with E-state index in [9.17, 15) is 13.2 Å². The maximum Gasteiger partial charge on any atom is 0.337 e. The molecule has 1 unspecified atom stereocenters. The fourth-order valence-electron chi connectivity index (χ4n) is 1.63. The number of nitrogens with one attached hydrogen (secondary N) is 1. The third kappa shape index (κ3) is 5.45. The summed E-state index contributed by atoms with van der Waals surface area (Å²) in [6.45, 7) is 2.02. The summed E-state index contributed by atoms with van der Waals surface area (Å²) in [5.74, 6) is -0.492. The number of methoxy groups -OCH3 is 2. The van der Waals surface area contributed by atoms with Crippen LogP contribution in [0.4, 0.5) is 0 Å². The number of hydrogen-bond donors (Lipinski definition) is 2. The van der Waals surface area contributed by atoms with Gasteiger partial charge in [0.1, 0.15) is 10.6 Å². The third-order valence-electron chi connectivity index (χ3n) is 2.77. The van der Waals surface area contributed by atoms with E-state index in [0.717, 1.165) is 0 Å². The summed E-state index contributed by atoms with van der Waals surface area (Å²) in [5, 5.41) is 0. The molecular formula is C13H21ClN2O5S. The zero-order valence-corrected chi connectivity index (χ0v) is 14.3. The van der Waals surface area contributed by atoms with Crippen LogP contribution < -0.4 is 15.2 Å². The van der Waals surface area contributed by atoms with E-state index in [1.165, 1.54) is 32.4 Å². The van der Waals surface area contributed by atoms with Gasteiger partial charge < -0.3 is 15.2 Å². The van der Waals surface area contributed by atoms with Crippen molar-refractivity contribution in [2.75, 3.05) is 20.8 Å². The van der Waals surface area contributed by atoms with Crippen molar-refractivity contribution in [3.63, 3.8) is 0 Å². The lowest BCUT2D eigenvalue weighted by atomic mass is 10.2. The molecule has 0 aromatic heterocycles. The largest absolute Gasteiger partial charge is 0.495 e. The van der Waals surface area contributed by atoms with Crippen LogP contribution in [0.3, 0.4) is 0 Å². The molecule has 0 saturated heterocycles. The summed E-state index contributed by atoms with van der Waals surface area (Å²) in [7, 11) is -1.15. The molecule has 0 amide bonds. The van der Waals surface area contributed by atoms with Crippen LogP contribution >= 0.6 is 12.4 Å². The Morgan fingerprint density at radius 1 is 1.36 bits per heavy atom. The second-order valence-electron chi connectivity index (χ2n) is 4.52. The molecule has 0 aliphatic carbocycles. The van der Waals surface area contributed by atoms with E-state index in [4.69, 9.17) is 10.5 Å². The quantitative estimate of drug-likeness (QED) is 0.706. The number of carbonyl (C=O) groups is 1. The van der Waals surface area contributed by atoms with Gasteiger partial charge in [0.15, 0.2) is 0 Å². The molecule has 1 atom stereocenters. The van der Waals surface area contributed by atoms with E-state index in [0.29, 0.717) is 6.42 Å². The summed E-state index contributed by atoms with van der Waals surface area (Å²) in [6.07, 6.45) is 0.516. The van der Waals surface area contributed by atoms with E-state index in [1.807, 2.05) is 0 Å². The predicted molar refractivity (Wildman–Crippen MR) is 85.0 cm³/mol. The van der Waals surface area contributed by atoms with Crippen LogP contribution in [-0.2, 0) is 14.8 Å². The highest BCUT2D eigenvalue weighted by molar-refractivity contribution is 7.89. The second kappa shape index (κ2) is 8.94. The van der Waals surface area contributed by atoms with Crippen molar-refractivity contribution in [1.82, 2.24) is 4.72 Å². The molecule has 1 aromatic carbocycles. The summed E-state index contributed by atoms with van der Waals surface area (Å²) in [4.78, 5) is 11.4. The predicted octanol–water partition coefficient (Wildman–Crippen LogP) is 0.919. The average Bonchev–Trinajstić information content (AvgIpc) is 2.45. The number of benzene rings is 1. The molecular weight excluding hydrogens is 332 g/mol. The molecule has 1 rings (SSSR count). The van der Waals surface area contributed by atoms with E-state index in [2.05, 4.69) is 9.46 Å². The topological polar surface area (TPSA) is 108 Å². The Morgan fingerprint density at radius 2 is 2.00 bits per heavy atom. The van der Waals surface area contributed by atoms with Crippen molar-refractivity contribution in [2.45, 2.75) is 24.3 Å². The molecule has 3 N–H and O–H groups in total. The molecule has 0 fully saturated rings. The highest BCUT2D eigenvalue weighted by Gasteiger charge is 2.21. The molecule has 126 valence electrons. The Balaban J connectivity index is 0.00000441. The number of sulfonamides is 1. The van der Waals surface area contributed by atoms with Gasteiger partial charge in [-0.15, -0.1) is 12.4 Å². The molecule has 0 aliphatic rings. The lowest BCUT2D eigenvalue weighted by Gasteiger charge is -2.12. The SMILES string of the molecule is COC(=O)c1ccc(S(=O)(=O)NCCC(C)N)c(OC)c1.Cl. The van der Waals surface area contributed by atoms with Crippen molar-refractivity contribution in [2.24, 2.45) is 5.73 Å². The fraction of sp³-hybridized carbons (Fsp3) is 0.462. The van der Waals surface area contributed by atoms with Crippen LogP contribution in [0, 0.1) is 0 Å². The van der Waals surface area contributed by atoms with Crippen LogP contribution in [0.15, 0.2) is 23.1 Å². The zero-order chi connectivity index (χ0) is 16.0. The molecule has 0 aliphatic heterocycles. The van der Waals surface area contributed by atoms with Crippen molar-refractivity contribution >= 4 is 28.4 Å². The number of nitrogens with two attached hydrogens (primary N) is 1. The number of carbonyl (C=O) groups excluding carboxylic acids is 1. The molecule has 0 spiro atoms. The van der Waals surface area contributed by atoms with Crippen LogP contribution in [0.1, 0.15) is 23.7 Å². The van der Waals surface area contributed by atoms with Gasteiger partial charge in [-0.1, -0.05) is 0 Å². The van der Waals surface area contributed by atoms with E-state index in [1.54, 1.807) is 6.92 Å². The number of hydrogen-bond acceptors (Lipinski definition) is 6. The van der Waals surface area contributed by atoms with Gasteiger partial charge in [-0.3, -0.25) is 0 Å². The maximum atomic E-state index is 12.2. The zero-order valence-electron chi connectivity index (χ0n) is 12.7. The second-order valence-corrected chi connectivity index (χ2v) is 6.26. The van der Waals surface area contributed by atoms with E-state index < -0.39 is 16.0 Å². The molecule has 9 heteroatoms. The maximum absolute atomic E-state index is 12.2. The summed E-state index contributed by atoms with van der Waals surface area (Å²) in [5.41, 5.74) is 5.79. The Labute approximate surface area is 136 Å². The van der Waals surface area contributed by atoms with Crippen LogP contribution in [0.25, 0.3) is 0 Å². The first-order chi connectivity index (χ1) is 9.81. The summed E-state index contributed by atoms with van der Waals surface area (Å²) < 4.78 is 36.5. The number of rotatable bonds is 7. The first-order valence-corrected chi connectivity index (χ1v) is 7.81. The Bertz CT molecular complexity index is 604. The third-order valence-corrected chi connectivity index (χ3v) is 4.27. The van der Waals surface area contributed by atoms with Crippen molar-refractivity contribution in [3.05, 3.63) is 23.8 Å². The fourth-order valence-corrected chi connectivity index (χ4v) is 2.83. The van der Waals surface area contributed by atoms with Gasteiger partial charge in [0.25, 0.3) is 0 Å². The minimum atomic E-state index is -3.73. The van der Waals surface area contributed by atoms with Gasteiger partial charge in [0.2, 0.25) is 10.0 Å². The number of ether oxygens (including phenoxy) is 2. The minimum Gasteiger partial charge on any atom is -0.495 e. The first-order valence-electron chi connectivity index (χ1n) is 6.33. The molecule has 22 heavy (non-hydrogen) atoms. The smallest absolute Gasteiger partial charge is 0.337 e. The molecule has 0 radical (unpaired) electrons. The first kappa shape index (κ1) is 20.6. The Kier molecular flexibility index (Phi) is 8.39. The van der Waals surface area contributed by atoms with Gasteiger partial charge in [-0.2, -0.15) is 0 Å². The van der Waals surface area contributed by atoms with Gasteiger partial charge in [-0.25, -0.2) is 17.9 Å². The molecule has 0 bridgehead atoms. The van der Waals surface area contributed by atoms with Crippen LogP contribution in [0.5, 0.6) is 5.75 Å². The summed E-state index contributed by atoms with van der Waals surface area (Å²) in [6, 6.07) is 3.90. The van der Waals surface area contributed by atoms with E-state index >= 15 is 0 Å². The monoisotopic (exact) mass is 352 g/mol. The Hall–Kier alpha value is -1.35. The minimum absolute atomic E-state index is 0. The normalized spacial score (nSPS) is 12.2. The van der Waals surface area contributed by atoms with Gasteiger partial charge >= 0.3 is 5.97 Å². The van der Waals surface area contributed by atoms with Crippen LogP contribution in [0.2, 0.25) is 0 Å². The number of esters is 1. The van der Waals surface area contributed by atoms with Crippen LogP contribution in [-0.4, -0.2) is 41.2 Å². The van der Waals surface area contributed by atoms with Crippen molar-refractivity contribution < 1.29 is 22.7 Å². The highest BCUT2D eigenvalue weighted by Crippen LogP contribution is 2.25. The highest BCUT2D eigenvalue weighted by atomic mass is 35.5. The van der Waals surface area contributed by atoms with Crippen molar-refractivity contribution in [1.29, 1.82) is 0 Å². The molecule has 0 heterocycles. The molecule has 1 aromatic rings. The molecule has 7 nitrogen and oxygen atoms in total. The lowest BCUT2D eigenvalue weighted by Crippen LogP contribution is -2.29. The van der Waals surface area contributed by atoms with Gasteiger partial charge in [-0.05, 0) is 31.5 Å².